The van der Waals surface area contributed by atoms with Crippen LogP contribution in [0.15, 0.2) is 36.4 Å². The molecule has 0 aliphatic rings. The van der Waals surface area contributed by atoms with Gasteiger partial charge < -0.3 is 19.3 Å². The van der Waals surface area contributed by atoms with Crippen LogP contribution in [-0.2, 0) is 14.2 Å². The zero-order valence-corrected chi connectivity index (χ0v) is 22.8. The maximum Gasteiger partial charge on any atom is 0.412 e. The first-order valence-corrected chi connectivity index (χ1v) is 11.4. The molecule has 9 nitrogen and oxygen atoms in total. The number of carbonyl (C=O) groups is 4. The van der Waals surface area contributed by atoms with E-state index in [-0.39, 0.29) is 5.56 Å². The van der Waals surface area contributed by atoms with E-state index in [9.17, 15) is 19.2 Å². The summed E-state index contributed by atoms with van der Waals surface area (Å²) >= 11 is 3.90. The fraction of sp³-hybridized carbons (Fsp3) is 0.273. The monoisotopic (exact) mass is 683 g/mol. The molecule has 2 rings (SSSR count). The van der Waals surface area contributed by atoms with E-state index in [0.717, 1.165) is 0 Å². The number of benzene rings is 2. The Morgan fingerprint density at radius 2 is 1.33 bits per heavy atom. The SMILES string of the molecule is COC(=O)c1ccc(C(=O)O)cc1I.COC(=O)c1ccc(NC(=O)OC(C)(C)C)cc1I. The van der Waals surface area contributed by atoms with Gasteiger partial charge in [0, 0.05) is 12.8 Å². The zero-order valence-electron chi connectivity index (χ0n) is 18.5. The Morgan fingerprint density at radius 1 is 0.848 bits per heavy atom. The van der Waals surface area contributed by atoms with Crippen molar-refractivity contribution < 1.29 is 38.5 Å². The molecule has 0 saturated carbocycles. The van der Waals surface area contributed by atoms with E-state index in [4.69, 9.17) is 9.84 Å². The van der Waals surface area contributed by atoms with Crippen LogP contribution in [0, 0.1) is 7.14 Å². The summed E-state index contributed by atoms with van der Waals surface area (Å²) in [4.78, 5) is 44.7. The maximum atomic E-state index is 11.6. The Labute approximate surface area is 218 Å². The van der Waals surface area contributed by atoms with Gasteiger partial charge in [-0.1, -0.05) is 0 Å². The molecule has 0 unspecified atom stereocenters. The lowest BCUT2D eigenvalue weighted by Crippen LogP contribution is -2.27. The number of halogens is 2. The number of amides is 1. The lowest BCUT2D eigenvalue weighted by molar-refractivity contribution is 0.0590. The van der Waals surface area contributed by atoms with Gasteiger partial charge in [0.05, 0.1) is 30.9 Å². The predicted molar refractivity (Wildman–Crippen MR) is 138 cm³/mol. The molecule has 2 aromatic rings. The van der Waals surface area contributed by atoms with Crippen molar-refractivity contribution in [3.05, 3.63) is 60.2 Å². The molecule has 2 aromatic carbocycles. The number of rotatable bonds is 4. The molecular formula is C22H23I2NO8. The predicted octanol–water partition coefficient (Wildman–Crippen LogP) is 5.20. The second-order valence-electron chi connectivity index (χ2n) is 7.30. The highest BCUT2D eigenvalue weighted by Crippen LogP contribution is 2.20. The highest BCUT2D eigenvalue weighted by Gasteiger charge is 2.17. The van der Waals surface area contributed by atoms with Gasteiger partial charge in [0.25, 0.3) is 0 Å². The van der Waals surface area contributed by atoms with Gasteiger partial charge in [0.15, 0.2) is 0 Å². The average molecular weight is 683 g/mol. The van der Waals surface area contributed by atoms with Gasteiger partial charge in [-0.05, 0) is 102 Å². The highest BCUT2D eigenvalue weighted by atomic mass is 127. The number of esters is 2. The topological polar surface area (TPSA) is 128 Å². The molecule has 0 heterocycles. The Balaban J connectivity index is 0.000000346. The third kappa shape index (κ3) is 9.53. The Morgan fingerprint density at radius 3 is 1.73 bits per heavy atom. The number of carboxylic acid groups (broad SMARTS) is 1. The summed E-state index contributed by atoms with van der Waals surface area (Å²) in [6.07, 6.45) is -0.533. The molecule has 11 heteroatoms. The number of carboxylic acids is 1. The molecule has 0 atom stereocenters. The number of carbonyl (C=O) groups excluding carboxylic acids is 3. The lowest BCUT2D eigenvalue weighted by Gasteiger charge is -2.19. The van der Waals surface area contributed by atoms with Gasteiger partial charge in [-0.25, -0.2) is 19.2 Å². The Bertz CT molecular complexity index is 1050. The van der Waals surface area contributed by atoms with Crippen LogP contribution in [0.4, 0.5) is 10.5 Å². The number of anilines is 1. The largest absolute Gasteiger partial charge is 0.478 e. The molecule has 0 aromatic heterocycles. The fourth-order valence-corrected chi connectivity index (χ4v) is 3.68. The average Bonchev–Trinajstić information content (AvgIpc) is 2.71. The number of aromatic carboxylic acids is 1. The minimum Gasteiger partial charge on any atom is -0.478 e. The first-order chi connectivity index (χ1) is 15.3. The molecule has 0 aliphatic carbocycles. The molecule has 0 bridgehead atoms. The van der Waals surface area contributed by atoms with Gasteiger partial charge in [-0.3, -0.25) is 5.32 Å². The summed E-state index contributed by atoms with van der Waals surface area (Å²) in [5, 5.41) is 11.3. The molecule has 33 heavy (non-hydrogen) atoms. The lowest BCUT2D eigenvalue weighted by atomic mass is 10.1. The smallest absolute Gasteiger partial charge is 0.412 e. The third-order valence-corrected chi connectivity index (χ3v) is 5.43. The van der Waals surface area contributed by atoms with Crippen LogP contribution >= 0.6 is 45.2 Å². The summed E-state index contributed by atoms with van der Waals surface area (Å²) < 4.78 is 15.6. The van der Waals surface area contributed by atoms with Gasteiger partial charge in [-0.2, -0.15) is 0 Å². The van der Waals surface area contributed by atoms with Crippen molar-refractivity contribution in [3.63, 3.8) is 0 Å². The molecule has 1 amide bonds. The van der Waals surface area contributed by atoms with Crippen LogP contribution in [0.1, 0.15) is 51.8 Å². The second kappa shape index (κ2) is 12.7. The van der Waals surface area contributed by atoms with Crippen LogP contribution in [0.5, 0.6) is 0 Å². The quantitative estimate of drug-likeness (QED) is 0.256. The summed E-state index contributed by atoms with van der Waals surface area (Å²) in [5.74, 6) is -1.89. The first kappa shape index (κ1) is 28.6. The van der Waals surface area contributed by atoms with Gasteiger partial charge in [-0.15, -0.1) is 0 Å². The minimum atomic E-state index is -1.01. The van der Waals surface area contributed by atoms with Gasteiger partial charge >= 0.3 is 24.0 Å². The van der Waals surface area contributed by atoms with Crippen molar-refractivity contribution in [2.24, 2.45) is 0 Å². The maximum absolute atomic E-state index is 11.6. The highest BCUT2D eigenvalue weighted by molar-refractivity contribution is 14.1. The summed E-state index contributed by atoms with van der Waals surface area (Å²) in [6, 6.07) is 9.14. The Hall–Kier alpha value is -2.42. The molecule has 2 N–H and O–H groups in total. The van der Waals surface area contributed by atoms with Crippen molar-refractivity contribution in [2.45, 2.75) is 26.4 Å². The number of methoxy groups -OCH3 is 2. The molecule has 0 radical (unpaired) electrons. The molecule has 0 spiro atoms. The van der Waals surface area contributed by atoms with Crippen molar-refractivity contribution in [1.82, 2.24) is 0 Å². The van der Waals surface area contributed by atoms with Crippen molar-refractivity contribution in [3.8, 4) is 0 Å². The van der Waals surface area contributed by atoms with Crippen molar-refractivity contribution in [1.29, 1.82) is 0 Å². The van der Waals surface area contributed by atoms with Crippen LogP contribution in [0.25, 0.3) is 0 Å². The standard InChI is InChI=1S/C13H16INO4.C9H7IO4/c1-13(2,3)19-12(17)15-8-5-6-9(10(14)7-8)11(16)18-4;1-14-9(13)6-3-2-5(8(11)12)4-7(6)10/h5-7H,1-4H3,(H,15,17);2-4H,1H3,(H,11,12). The first-order valence-electron chi connectivity index (χ1n) is 9.28. The normalized spacial score (nSPS) is 10.3. The van der Waals surface area contributed by atoms with Crippen LogP contribution in [0.3, 0.4) is 0 Å². The zero-order chi connectivity index (χ0) is 25.3. The fourth-order valence-electron chi connectivity index (χ4n) is 2.21. The van der Waals surface area contributed by atoms with E-state index in [2.05, 4.69) is 14.8 Å². The van der Waals surface area contributed by atoms with Crippen molar-refractivity contribution in [2.75, 3.05) is 19.5 Å². The summed E-state index contributed by atoms with van der Waals surface area (Å²) in [5.41, 5.74) is 0.993. The van der Waals surface area contributed by atoms with E-state index < -0.39 is 29.6 Å². The minimum absolute atomic E-state index is 0.155. The van der Waals surface area contributed by atoms with Crippen LogP contribution < -0.4 is 5.32 Å². The van der Waals surface area contributed by atoms with E-state index in [1.807, 2.05) is 45.2 Å². The second-order valence-corrected chi connectivity index (χ2v) is 9.63. The number of ether oxygens (including phenoxy) is 3. The molecule has 0 saturated heterocycles. The van der Waals surface area contributed by atoms with E-state index in [1.54, 1.807) is 39.0 Å². The molecule has 178 valence electrons. The molecular weight excluding hydrogens is 660 g/mol. The summed E-state index contributed by atoms with van der Waals surface area (Å²) in [7, 11) is 2.61. The Kier molecular flexibility index (Phi) is 11.0. The number of nitrogens with one attached hydrogen (secondary N) is 1. The van der Waals surface area contributed by atoms with Crippen LogP contribution in [-0.4, -0.2) is 48.9 Å². The molecule has 0 fully saturated rings. The van der Waals surface area contributed by atoms with Crippen LogP contribution in [0.2, 0.25) is 0 Å². The molecule has 0 aliphatic heterocycles. The number of hydrogen-bond acceptors (Lipinski definition) is 7. The van der Waals surface area contributed by atoms with E-state index in [0.29, 0.717) is 24.0 Å². The third-order valence-electron chi connectivity index (χ3n) is 3.64. The summed E-state index contributed by atoms with van der Waals surface area (Å²) in [6.45, 7) is 5.37. The van der Waals surface area contributed by atoms with E-state index >= 15 is 0 Å². The van der Waals surface area contributed by atoms with Crippen molar-refractivity contribution >= 4 is 74.9 Å². The van der Waals surface area contributed by atoms with Gasteiger partial charge in [0.1, 0.15) is 5.60 Å². The van der Waals surface area contributed by atoms with E-state index in [1.165, 1.54) is 32.4 Å². The number of hydrogen-bond donors (Lipinski definition) is 2. The van der Waals surface area contributed by atoms with Gasteiger partial charge in [0.2, 0.25) is 0 Å².